The van der Waals surface area contributed by atoms with Gasteiger partial charge in [-0.05, 0) is 17.7 Å². The van der Waals surface area contributed by atoms with Crippen molar-refractivity contribution in [2.45, 2.75) is 6.54 Å². The van der Waals surface area contributed by atoms with E-state index in [-0.39, 0.29) is 5.69 Å². The van der Waals surface area contributed by atoms with Gasteiger partial charge in [0, 0.05) is 24.2 Å². The second-order valence-electron chi connectivity index (χ2n) is 5.94. The molecule has 132 valence electrons. The van der Waals surface area contributed by atoms with E-state index < -0.39 is 4.92 Å². The zero-order valence-corrected chi connectivity index (χ0v) is 14.2. The van der Waals surface area contributed by atoms with Gasteiger partial charge in [-0.1, -0.05) is 42.5 Å². The van der Waals surface area contributed by atoms with Crippen LogP contribution in [-0.2, 0) is 6.54 Å². The van der Waals surface area contributed by atoms with Crippen LogP contribution in [0.1, 0.15) is 5.56 Å². The number of nitro benzene ring substituents is 1. The number of benzene rings is 2. The van der Waals surface area contributed by atoms with Crippen LogP contribution in [0.25, 0.3) is 22.4 Å². The summed E-state index contributed by atoms with van der Waals surface area (Å²) in [6, 6.07) is 20.0. The smallest absolute Gasteiger partial charge is 0.269 e. The van der Waals surface area contributed by atoms with Gasteiger partial charge in [-0.3, -0.25) is 15.1 Å². The summed E-state index contributed by atoms with van der Waals surface area (Å²) in [7, 11) is 0. The molecule has 7 nitrogen and oxygen atoms in total. The van der Waals surface area contributed by atoms with Gasteiger partial charge in [0.2, 0.25) is 0 Å². The Labute approximate surface area is 154 Å². The molecule has 0 aliphatic heterocycles. The van der Waals surface area contributed by atoms with Crippen LogP contribution in [0.3, 0.4) is 0 Å². The van der Waals surface area contributed by atoms with Crippen molar-refractivity contribution in [3.05, 3.63) is 88.6 Å². The number of nitrogens with zero attached hydrogens (tertiary/aromatic N) is 4. The molecule has 0 aliphatic rings. The molecular formula is C20H15N5O2. The number of aromatic nitrogens is 3. The lowest BCUT2D eigenvalue weighted by Crippen LogP contribution is -2.03. The summed E-state index contributed by atoms with van der Waals surface area (Å²) in [6.45, 7) is 0.423. The number of rotatable bonds is 5. The third-order valence-electron chi connectivity index (χ3n) is 4.07. The van der Waals surface area contributed by atoms with Crippen LogP contribution < -0.4 is 5.32 Å². The van der Waals surface area contributed by atoms with Gasteiger partial charge < -0.3 is 5.32 Å². The van der Waals surface area contributed by atoms with E-state index in [1.165, 1.54) is 6.07 Å². The topological polar surface area (TPSA) is 93.8 Å². The molecule has 0 aliphatic carbocycles. The van der Waals surface area contributed by atoms with Gasteiger partial charge in [0.1, 0.15) is 11.3 Å². The lowest BCUT2D eigenvalue weighted by molar-refractivity contribution is -0.384. The summed E-state index contributed by atoms with van der Waals surface area (Å²) in [5.74, 6) is 0.633. The average molecular weight is 357 g/mol. The lowest BCUT2D eigenvalue weighted by atomic mass is 10.2. The van der Waals surface area contributed by atoms with E-state index in [4.69, 9.17) is 0 Å². The fourth-order valence-corrected chi connectivity index (χ4v) is 2.72. The van der Waals surface area contributed by atoms with Crippen LogP contribution in [-0.4, -0.2) is 19.9 Å². The average Bonchev–Trinajstić information content (AvgIpc) is 2.72. The van der Waals surface area contributed by atoms with Crippen LogP contribution in [0, 0.1) is 10.1 Å². The van der Waals surface area contributed by atoms with Crippen LogP contribution in [0.2, 0.25) is 0 Å². The SMILES string of the molecule is O=[N+]([O-])c1cccc(CNc2ccc3ncc(-c4ccccc4)nc3n2)c1. The Kier molecular flexibility index (Phi) is 4.40. The number of hydrogen-bond donors (Lipinski definition) is 1. The standard InChI is InChI=1S/C20H15N5O2/c26-25(27)16-8-4-5-14(11-16)12-22-19-10-9-17-20(24-19)23-18(13-21-17)15-6-2-1-3-7-15/h1-11,13H,12H2,(H,22,23,24). The van der Waals surface area contributed by atoms with Gasteiger partial charge in [0.05, 0.1) is 16.8 Å². The van der Waals surface area contributed by atoms with Gasteiger partial charge >= 0.3 is 0 Å². The molecule has 0 saturated carbocycles. The molecule has 0 saturated heterocycles. The Morgan fingerprint density at radius 2 is 1.81 bits per heavy atom. The number of nitro groups is 1. The number of fused-ring (bicyclic) bond motifs is 1. The number of non-ortho nitro benzene ring substituents is 1. The first-order chi connectivity index (χ1) is 13.2. The maximum atomic E-state index is 10.9. The Morgan fingerprint density at radius 1 is 0.963 bits per heavy atom. The van der Waals surface area contributed by atoms with Gasteiger partial charge in [0.25, 0.3) is 5.69 Å². The number of anilines is 1. The summed E-state index contributed by atoms with van der Waals surface area (Å²) in [6.07, 6.45) is 1.73. The molecule has 2 aromatic carbocycles. The molecule has 0 radical (unpaired) electrons. The van der Waals surface area contributed by atoms with Crippen molar-refractivity contribution in [3.8, 4) is 11.3 Å². The van der Waals surface area contributed by atoms with Crippen LogP contribution in [0.4, 0.5) is 11.5 Å². The molecule has 2 aromatic heterocycles. The highest BCUT2D eigenvalue weighted by Gasteiger charge is 2.07. The Bertz CT molecular complexity index is 1120. The van der Waals surface area contributed by atoms with Crippen molar-refractivity contribution in [2.75, 3.05) is 5.32 Å². The summed E-state index contributed by atoms with van der Waals surface area (Å²) in [4.78, 5) is 24.0. The van der Waals surface area contributed by atoms with Crippen molar-refractivity contribution in [1.29, 1.82) is 0 Å². The summed E-state index contributed by atoms with van der Waals surface area (Å²) >= 11 is 0. The molecule has 1 N–H and O–H groups in total. The van der Waals surface area contributed by atoms with E-state index in [1.54, 1.807) is 18.3 Å². The molecule has 0 unspecified atom stereocenters. The van der Waals surface area contributed by atoms with Crippen molar-refractivity contribution >= 4 is 22.7 Å². The van der Waals surface area contributed by atoms with Crippen LogP contribution in [0.5, 0.6) is 0 Å². The van der Waals surface area contributed by atoms with Gasteiger partial charge in [-0.2, -0.15) is 0 Å². The second-order valence-corrected chi connectivity index (χ2v) is 5.94. The molecule has 4 aromatic rings. The monoisotopic (exact) mass is 357 g/mol. The van der Waals surface area contributed by atoms with E-state index >= 15 is 0 Å². The highest BCUT2D eigenvalue weighted by atomic mass is 16.6. The normalized spacial score (nSPS) is 10.7. The Balaban J connectivity index is 1.57. The first-order valence-corrected chi connectivity index (χ1v) is 8.35. The largest absolute Gasteiger partial charge is 0.366 e. The van der Waals surface area contributed by atoms with E-state index in [1.807, 2.05) is 48.5 Å². The first-order valence-electron chi connectivity index (χ1n) is 8.35. The maximum Gasteiger partial charge on any atom is 0.269 e. The minimum Gasteiger partial charge on any atom is -0.366 e. The number of pyridine rings is 1. The highest BCUT2D eigenvalue weighted by Crippen LogP contribution is 2.19. The quantitative estimate of drug-likeness (QED) is 0.425. The summed E-state index contributed by atoms with van der Waals surface area (Å²) in [5, 5.41) is 14.1. The molecule has 27 heavy (non-hydrogen) atoms. The van der Waals surface area contributed by atoms with Crippen LogP contribution in [0.15, 0.2) is 72.9 Å². The summed E-state index contributed by atoms with van der Waals surface area (Å²) < 4.78 is 0. The fourth-order valence-electron chi connectivity index (χ4n) is 2.72. The molecule has 0 bridgehead atoms. The molecule has 0 amide bonds. The third-order valence-corrected chi connectivity index (χ3v) is 4.07. The Morgan fingerprint density at radius 3 is 2.63 bits per heavy atom. The molecule has 0 fully saturated rings. The van der Waals surface area contributed by atoms with E-state index in [0.29, 0.717) is 23.5 Å². The fraction of sp³-hybridized carbons (Fsp3) is 0.0500. The van der Waals surface area contributed by atoms with Crippen molar-refractivity contribution < 1.29 is 4.92 Å². The minimum absolute atomic E-state index is 0.0686. The second kappa shape index (κ2) is 7.17. The number of nitrogens with one attached hydrogen (secondary N) is 1. The van der Waals surface area contributed by atoms with Crippen molar-refractivity contribution in [1.82, 2.24) is 15.0 Å². The Hall–Kier alpha value is -3.87. The van der Waals surface area contributed by atoms with E-state index in [0.717, 1.165) is 16.8 Å². The predicted octanol–water partition coefficient (Wildman–Crippen LogP) is 4.21. The van der Waals surface area contributed by atoms with E-state index in [2.05, 4.69) is 20.3 Å². The molecule has 0 spiro atoms. The predicted molar refractivity (Wildman–Crippen MR) is 103 cm³/mol. The van der Waals surface area contributed by atoms with Crippen molar-refractivity contribution in [2.24, 2.45) is 0 Å². The molecule has 7 heteroatoms. The molecule has 4 rings (SSSR count). The first kappa shape index (κ1) is 16.6. The number of hydrogen-bond acceptors (Lipinski definition) is 6. The highest BCUT2D eigenvalue weighted by molar-refractivity contribution is 5.75. The van der Waals surface area contributed by atoms with Gasteiger partial charge in [-0.25, -0.2) is 9.97 Å². The zero-order valence-electron chi connectivity index (χ0n) is 14.2. The van der Waals surface area contributed by atoms with Gasteiger partial charge in [0.15, 0.2) is 5.65 Å². The summed E-state index contributed by atoms with van der Waals surface area (Å²) in [5.41, 5.74) is 3.85. The molecular weight excluding hydrogens is 342 g/mol. The lowest BCUT2D eigenvalue weighted by Gasteiger charge is -2.07. The van der Waals surface area contributed by atoms with Crippen molar-refractivity contribution in [3.63, 3.8) is 0 Å². The molecule has 0 atom stereocenters. The molecule has 2 heterocycles. The zero-order chi connectivity index (χ0) is 18.6. The minimum atomic E-state index is -0.404. The van der Waals surface area contributed by atoms with Crippen LogP contribution >= 0.6 is 0 Å². The maximum absolute atomic E-state index is 10.9. The third kappa shape index (κ3) is 3.72. The van der Waals surface area contributed by atoms with E-state index in [9.17, 15) is 10.1 Å². The van der Waals surface area contributed by atoms with Gasteiger partial charge in [-0.15, -0.1) is 0 Å².